The molecular formula is C17H20N4O2S. The molecule has 0 radical (unpaired) electrons. The molecule has 0 unspecified atom stereocenters. The molecule has 1 N–H and O–H groups in total. The molecule has 0 aliphatic carbocycles. The molecule has 2 aromatic rings. The summed E-state index contributed by atoms with van der Waals surface area (Å²) in [4.78, 5) is 31.9. The maximum Gasteiger partial charge on any atom is 0.228 e. The Morgan fingerprint density at radius 3 is 2.54 bits per heavy atom. The van der Waals surface area contributed by atoms with Crippen molar-refractivity contribution in [3.05, 3.63) is 41.4 Å². The van der Waals surface area contributed by atoms with Gasteiger partial charge < -0.3 is 15.1 Å². The summed E-state index contributed by atoms with van der Waals surface area (Å²) in [7, 11) is 0. The number of aromatic nitrogens is 1. The molecule has 2 heterocycles. The number of hydrogen-bond donors (Lipinski definition) is 1. The van der Waals surface area contributed by atoms with Gasteiger partial charge in [0.25, 0.3) is 0 Å². The van der Waals surface area contributed by atoms with Crippen molar-refractivity contribution in [2.45, 2.75) is 13.3 Å². The van der Waals surface area contributed by atoms with Crippen LogP contribution in [0.5, 0.6) is 0 Å². The minimum absolute atomic E-state index is 0.0855. The lowest BCUT2D eigenvalue weighted by molar-refractivity contribution is -0.130. The first-order chi connectivity index (χ1) is 11.6. The van der Waals surface area contributed by atoms with Crippen LogP contribution in [0.4, 0.5) is 10.8 Å². The Kier molecular flexibility index (Phi) is 5.10. The Bertz CT molecular complexity index is 708. The lowest BCUT2D eigenvalue weighted by atomic mass is 10.2. The molecule has 0 saturated carbocycles. The second-order valence-electron chi connectivity index (χ2n) is 5.71. The number of nitrogens with one attached hydrogen (secondary N) is 1. The van der Waals surface area contributed by atoms with Crippen molar-refractivity contribution < 1.29 is 9.59 Å². The summed E-state index contributed by atoms with van der Waals surface area (Å²) < 4.78 is 0. The fraction of sp³-hybridized carbons (Fsp3) is 0.353. The van der Waals surface area contributed by atoms with Crippen LogP contribution in [0, 0.1) is 0 Å². The van der Waals surface area contributed by atoms with Crippen molar-refractivity contribution in [2.75, 3.05) is 36.4 Å². The van der Waals surface area contributed by atoms with Crippen molar-refractivity contribution in [1.29, 1.82) is 0 Å². The summed E-state index contributed by atoms with van der Waals surface area (Å²) in [5.74, 6) is -0.0679. The van der Waals surface area contributed by atoms with Crippen molar-refractivity contribution in [3.63, 3.8) is 0 Å². The van der Waals surface area contributed by atoms with Crippen molar-refractivity contribution >= 4 is 34.0 Å². The van der Waals surface area contributed by atoms with Gasteiger partial charge in [-0.15, -0.1) is 11.3 Å². The number of carbonyl (C=O) groups excluding carboxylic acids is 2. The zero-order valence-corrected chi connectivity index (χ0v) is 14.4. The third-order valence-electron chi connectivity index (χ3n) is 3.92. The minimum atomic E-state index is -0.153. The third kappa shape index (κ3) is 4.11. The first kappa shape index (κ1) is 16.4. The molecule has 7 heteroatoms. The fourth-order valence-corrected chi connectivity index (χ4v) is 3.47. The van der Waals surface area contributed by atoms with Crippen LogP contribution < -0.4 is 10.2 Å². The summed E-state index contributed by atoms with van der Waals surface area (Å²) >= 11 is 1.34. The molecule has 1 aromatic heterocycles. The maximum atomic E-state index is 12.4. The number of carbonyl (C=O) groups is 2. The second kappa shape index (κ2) is 7.44. The van der Waals surface area contributed by atoms with E-state index in [1.54, 1.807) is 0 Å². The van der Waals surface area contributed by atoms with Crippen molar-refractivity contribution in [1.82, 2.24) is 9.88 Å². The number of anilines is 2. The SMILES string of the molecule is CC(=O)Nc1nc(CC(=O)N2CCN(c3ccccc3)CC2)cs1. The number of nitrogens with zero attached hydrogens (tertiary/aromatic N) is 3. The van der Waals surface area contributed by atoms with Crippen LogP contribution in [0.3, 0.4) is 0 Å². The van der Waals surface area contributed by atoms with Crippen molar-refractivity contribution in [3.8, 4) is 0 Å². The van der Waals surface area contributed by atoms with E-state index >= 15 is 0 Å². The predicted molar refractivity (Wildman–Crippen MR) is 95.4 cm³/mol. The standard InChI is InChI=1S/C17H20N4O2S/c1-13(22)18-17-19-14(12-24-17)11-16(23)21-9-7-20(8-10-21)15-5-3-2-4-6-15/h2-6,12H,7-11H2,1H3,(H,18,19,22). The first-order valence-corrected chi connectivity index (χ1v) is 8.79. The van der Waals surface area contributed by atoms with Crippen LogP contribution in [-0.2, 0) is 16.0 Å². The highest BCUT2D eigenvalue weighted by Gasteiger charge is 2.22. The van der Waals surface area contributed by atoms with Crippen LogP contribution in [0.1, 0.15) is 12.6 Å². The predicted octanol–water partition coefficient (Wildman–Crippen LogP) is 1.99. The highest BCUT2D eigenvalue weighted by atomic mass is 32.1. The smallest absolute Gasteiger partial charge is 0.228 e. The quantitative estimate of drug-likeness (QED) is 0.921. The van der Waals surface area contributed by atoms with Crippen LogP contribution in [0.2, 0.25) is 0 Å². The average molecular weight is 344 g/mol. The number of amides is 2. The Balaban J connectivity index is 1.52. The number of hydrogen-bond acceptors (Lipinski definition) is 5. The second-order valence-corrected chi connectivity index (χ2v) is 6.56. The van der Waals surface area contributed by atoms with E-state index in [9.17, 15) is 9.59 Å². The highest BCUT2D eigenvalue weighted by molar-refractivity contribution is 7.13. The Morgan fingerprint density at radius 2 is 1.88 bits per heavy atom. The van der Waals surface area contributed by atoms with E-state index in [0.717, 1.165) is 26.2 Å². The summed E-state index contributed by atoms with van der Waals surface area (Å²) in [5, 5.41) is 5.00. The molecule has 1 saturated heterocycles. The van der Waals surface area contributed by atoms with E-state index < -0.39 is 0 Å². The lowest BCUT2D eigenvalue weighted by Gasteiger charge is -2.36. The average Bonchev–Trinajstić information content (AvgIpc) is 3.02. The largest absolute Gasteiger partial charge is 0.368 e. The Morgan fingerprint density at radius 1 is 1.17 bits per heavy atom. The molecule has 0 bridgehead atoms. The fourth-order valence-electron chi connectivity index (χ4n) is 2.72. The van der Waals surface area contributed by atoms with Gasteiger partial charge in [-0.25, -0.2) is 4.98 Å². The molecule has 6 nitrogen and oxygen atoms in total. The van der Waals surface area contributed by atoms with Gasteiger partial charge in [0, 0.05) is 44.2 Å². The van der Waals surface area contributed by atoms with Gasteiger partial charge in [0.2, 0.25) is 11.8 Å². The maximum absolute atomic E-state index is 12.4. The first-order valence-electron chi connectivity index (χ1n) is 7.91. The van der Waals surface area contributed by atoms with Crippen LogP contribution in [0.25, 0.3) is 0 Å². The van der Waals surface area contributed by atoms with E-state index in [1.807, 2.05) is 28.5 Å². The molecule has 24 heavy (non-hydrogen) atoms. The van der Waals surface area contributed by atoms with Gasteiger partial charge in [0.05, 0.1) is 12.1 Å². The Labute approximate surface area is 145 Å². The zero-order chi connectivity index (χ0) is 16.9. The molecule has 2 amide bonds. The van der Waals surface area contributed by atoms with E-state index in [4.69, 9.17) is 0 Å². The number of thiazole rings is 1. The lowest BCUT2D eigenvalue weighted by Crippen LogP contribution is -2.49. The van der Waals surface area contributed by atoms with E-state index in [1.165, 1.54) is 23.9 Å². The summed E-state index contributed by atoms with van der Waals surface area (Å²) in [6.07, 6.45) is 0.279. The monoisotopic (exact) mass is 344 g/mol. The number of piperazine rings is 1. The van der Waals surface area contributed by atoms with Gasteiger partial charge >= 0.3 is 0 Å². The number of rotatable bonds is 4. The van der Waals surface area contributed by atoms with Gasteiger partial charge in [-0.2, -0.15) is 0 Å². The summed E-state index contributed by atoms with van der Waals surface area (Å²) in [6, 6.07) is 10.3. The minimum Gasteiger partial charge on any atom is -0.368 e. The third-order valence-corrected chi connectivity index (χ3v) is 4.73. The van der Waals surface area contributed by atoms with Gasteiger partial charge in [0.1, 0.15) is 0 Å². The van der Waals surface area contributed by atoms with Gasteiger partial charge in [-0.3, -0.25) is 9.59 Å². The molecule has 0 atom stereocenters. The van der Waals surface area contributed by atoms with Crippen molar-refractivity contribution in [2.24, 2.45) is 0 Å². The van der Waals surface area contributed by atoms with E-state index in [-0.39, 0.29) is 18.2 Å². The van der Waals surface area contributed by atoms with E-state index in [2.05, 4.69) is 27.3 Å². The number of benzene rings is 1. The molecule has 126 valence electrons. The molecular weight excluding hydrogens is 324 g/mol. The van der Waals surface area contributed by atoms with Crippen LogP contribution in [0.15, 0.2) is 35.7 Å². The molecule has 1 aliphatic rings. The topological polar surface area (TPSA) is 65.5 Å². The highest BCUT2D eigenvalue weighted by Crippen LogP contribution is 2.18. The Hall–Kier alpha value is -2.41. The molecule has 3 rings (SSSR count). The van der Waals surface area contributed by atoms with Gasteiger partial charge in [-0.1, -0.05) is 18.2 Å². The summed E-state index contributed by atoms with van der Waals surface area (Å²) in [6.45, 7) is 4.55. The molecule has 1 aromatic carbocycles. The molecule has 1 aliphatic heterocycles. The van der Waals surface area contributed by atoms with E-state index in [0.29, 0.717) is 10.8 Å². The van der Waals surface area contributed by atoms with Gasteiger partial charge in [0.15, 0.2) is 5.13 Å². The molecule has 0 spiro atoms. The van der Waals surface area contributed by atoms with Crippen LogP contribution >= 0.6 is 11.3 Å². The van der Waals surface area contributed by atoms with Crippen LogP contribution in [-0.4, -0.2) is 47.9 Å². The number of para-hydroxylation sites is 1. The zero-order valence-electron chi connectivity index (χ0n) is 13.6. The molecule has 1 fully saturated rings. The normalized spacial score (nSPS) is 14.5. The van der Waals surface area contributed by atoms with Gasteiger partial charge in [-0.05, 0) is 12.1 Å². The summed E-state index contributed by atoms with van der Waals surface area (Å²) in [5.41, 5.74) is 1.91.